The van der Waals surface area contributed by atoms with Crippen LogP contribution in [0.1, 0.15) is 67.7 Å². The van der Waals surface area contributed by atoms with Gasteiger partial charge in [0.1, 0.15) is 5.75 Å². The molecule has 0 bridgehead atoms. The highest BCUT2D eigenvalue weighted by Gasteiger charge is 2.14. The first-order valence-corrected chi connectivity index (χ1v) is 12.2. The summed E-state index contributed by atoms with van der Waals surface area (Å²) < 4.78 is 6.01. The van der Waals surface area contributed by atoms with E-state index in [4.69, 9.17) is 4.74 Å². The van der Waals surface area contributed by atoms with Gasteiger partial charge in [-0.3, -0.25) is 0 Å². The molecule has 3 aromatic carbocycles. The number of hydrogen-bond acceptors (Lipinski definition) is 2. The molecular weight excluding hydrogens is 390 g/mol. The summed E-state index contributed by atoms with van der Waals surface area (Å²) in [6.45, 7) is 11.7. The normalized spacial score (nSPS) is 10.9. The zero-order valence-electron chi connectivity index (χ0n) is 20.6. The Morgan fingerprint density at radius 1 is 0.562 bits per heavy atom. The Kier molecular flexibility index (Phi) is 8.79. The van der Waals surface area contributed by atoms with E-state index in [1.165, 1.54) is 65.7 Å². The van der Waals surface area contributed by atoms with E-state index in [1.807, 2.05) is 0 Å². The van der Waals surface area contributed by atoms with E-state index < -0.39 is 0 Å². The van der Waals surface area contributed by atoms with Gasteiger partial charge < -0.3 is 9.64 Å². The summed E-state index contributed by atoms with van der Waals surface area (Å²) in [5.74, 6) is 0.947. The van der Waals surface area contributed by atoms with Crippen LogP contribution in [0, 0.1) is 27.7 Å². The molecule has 0 aliphatic heterocycles. The Balaban J connectivity index is 1.76. The number of benzene rings is 3. The van der Waals surface area contributed by atoms with Gasteiger partial charge in [-0.15, -0.1) is 0 Å². The highest BCUT2D eigenvalue weighted by Crippen LogP contribution is 2.36. The second kappa shape index (κ2) is 11.8. The molecule has 2 nitrogen and oxygen atoms in total. The summed E-state index contributed by atoms with van der Waals surface area (Å²) in [5.41, 5.74) is 8.72. The Labute approximate surface area is 195 Å². The minimum Gasteiger partial charge on any atom is -0.494 e. The smallest absolute Gasteiger partial charge is 0.119 e. The molecule has 3 rings (SSSR count). The molecule has 0 radical (unpaired) electrons. The lowest BCUT2D eigenvalue weighted by molar-refractivity contribution is 0.304. The maximum absolute atomic E-state index is 6.01. The largest absolute Gasteiger partial charge is 0.494 e. The van der Waals surface area contributed by atoms with Crippen LogP contribution in [-0.2, 0) is 0 Å². The average molecular weight is 430 g/mol. The molecule has 0 unspecified atom stereocenters. The maximum atomic E-state index is 6.01. The SMILES string of the molecule is CCCCCCCCOc1ccc(N(c2ccc(C)c(C)c2)c2ccc(C)c(C)c2)cc1. The fourth-order valence-corrected chi connectivity index (χ4v) is 3.94. The van der Waals surface area contributed by atoms with Crippen molar-refractivity contribution in [3.05, 3.63) is 82.9 Å². The molecule has 3 aromatic rings. The standard InChI is InChI=1S/C30H39NO/c1-6-7-8-9-10-11-20-32-30-18-16-27(17-19-30)31(28-14-12-23(2)25(4)21-28)29-15-13-24(3)26(5)22-29/h12-19,21-22H,6-11,20H2,1-5H3. The van der Waals surface area contributed by atoms with Crippen LogP contribution in [0.3, 0.4) is 0 Å². The lowest BCUT2D eigenvalue weighted by atomic mass is 10.1. The molecule has 0 heterocycles. The lowest BCUT2D eigenvalue weighted by Gasteiger charge is -2.27. The summed E-state index contributed by atoms with van der Waals surface area (Å²) in [7, 11) is 0. The average Bonchev–Trinajstić information content (AvgIpc) is 2.79. The zero-order chi connectivity index (χ0) is 22.9. The van der Waals surface area contributed by atoms with Crippen LogP contribution < -0.4 is 9.64 Å². The predicted molar refractivity (Wildman–Crippen MR) is 139 cm³/mol. The minimum atomic E-state index is 0.795. The van der Waals surface area contributed by atoms with Crippen molar-refractivity contribution in [3.63, 3.8) is 0 Å². The molecule has 0 spiro atoms. The highest BCUT2D eigenvalue weighted by atomic mass is 16.5. The second-order valence-electron chi connectivity index (χ2n) is 8.98. The number of nitrogens with zero attached hydrogens (tertiary/aromatic N) is 1. The van der Waals surface area contributed by atoms with Gasteiger partial charge in [0.05, 0.1) is 6.61 Å². The summed E-state index contributed by atoms with van der Waals surface area (Å²) in [6.07, 6.45) is 7.69. The maximum Gasteiger partial charge on any atom is 0.119 e. The van der Waals surface area contributed by atoms with Crippen molar-refractivity contribution in [1.82, 2.24) is 0 Å². The number of rotatable bonds is 11. The molecule has 0 N–H and O–H groups in total. The summed E-state index contributed by atoms with van der Waals surface area (Å²) >= 11 is 0. The van der Waals surface area contributed by atoms with Crippen molar-refractivity contribution in [1.29, 1.82) is 0 Å². The van der Waals surface area contributed by atoms with Crippen LogP contribution in [0.5, 0.6) is 5.75 Å². The Hall–Kier alpha value is -2.74. The number of aryl methyl sites for hydroxylation is 4. The van der Waals surface area contributed by atoms with E-state index in [-0.39, 0.29) is 0 Å². The van der Waals surface area contributed by atoms with E-state index in [2.05, 4.69) is 100 Å². The lowest BCUT2D eigenvalue weighted by Crippen LogP contribution is -2.11. The minimum absolute atomic E-state index is 0.795. The Morgan fingerprint density at radius 3 is 1.59 bits per heavy atom. The fourth-order valence-electron chi connectivity index (χ4n) is 3.94. The third-order valence-corrected chi connectivity index (χ3v) is 6.36. The van der Waals surface area contributed by atoms with Gasteiger partial charge in [0.25, 0.3) is 0 Å². The van der Waals surface area contributed by atoms with Crippen molar-refractivity contribution in [2.75, 3.05) is 11.5 Å². The van der Waals surface area contributed by atoms with Crippen LogP contribution in [-0.4, -0.2) is 6.61 Å². The van der Waals surface area contributed by atoms with Gasteiger partial charge in [0, 0.05) is 17.1 Å². The number of anilines is 3. The number of hydrogen-bond donors (Lipinski definition) is 0. The summed E-state index contributed by atoms with van der Waals surface area (Å²) in [4.78, 5) is 2.33. The van der Waals surface area contributed by atoms with Crippen molar-refractivity contribution < 1.29 is 4.74 Å². The van der Waals surface area contributed by atoms with Gasteiger partial charge in [-0.1, -0.05) is 51.2 Å². The number of ether oxygens (including phenoxy) is 1. The van der Waals surface area contributed by atoms with Crippen LogP contribution in [0.15, 0.2) is 60.7 Å². The third kappa shape index (κ3) is 6.38. The van der Waals surface area contributed by atoms with Crippen LogP contribution in [0.4, 0.5) is 17.1 Å². The highest BCUT2D eigenvalue weighted by molar-refractivity contribution is 5.77. The molecule has 32 heavy (non-hydrogen) atoms. The quantitative estimate of drug-likeness (QED) is 0.282. The first-order valence-electron chi connectivity index (χ1n) is 12.2. The van der Waals surface area contributed by atoms with Crippen LogP contribution in [0.2, 0.25) is 0 Å². The molecule has 0 aliphatic rings. The van der Waals surface area contributed by atoms with Gasteiger partial charge in [-0.2, -0.15) is 0 Å². The molecule has 0 atom stereocenters. The topological polar surface area (TPSA) is 12.5 Å². The monoisotopic (exact) mass is 429 g/mol. The van der Waals surface area contributed by atoms with E-state index in [0.717, 1.165) is 24.5 Å². The van der Waals surface area contributed by atoms with Gasteiger partial charge in [0.2, 0.25) is 0 Å². The summed E-state index contributed by atoms with van der Waals surface area (Å²) in [5, 5.41) is 0. The number of unbranched alkanes of at least 4 members (excludes halogenated alkanes) is 5. The van der Waals surface area contributed by atoms with E-state index in [9.17, 15) is 0 Å². The Bertz CT molecular complexity index is 939. The first-order chi connectivity index (χ1) is 15.5. The zero-order valence-corrected chi connectivity index (χ0v) is 20.6. The van der Waals surface area contributed by atoms with Crippen LogP contribution in [0.25, 0.3) is 0 Å². The van der Waals surface area contributed by atoms with Crippen LogP contribution >= 0.6 is 0 Å². The molecule has 0 aliphatic carbocycles. The van der Waals surface area contributed by atoms with E-state index >= 15 is 0 Å². The van der Waals surface area contributed by atoms with E-state index in [1.54, 1.807) is 0 Å². The van der Waals surface area contributed by atoms with E-state index in [0.29, 0.717) is 0 Å². The molecule has 2 heteroatoms. The molecule has 0 aromatic heterocycles. The van der Waals surface area contributed by atoms with Crippen molar-refractivity contribution in [2.24, 2.45) is 0 Å². The third-order valence-electron chi connectivity index (χ3n) is 6.36. The molecule has 0 fully saturated rings. The predicted octanol–water partition coefficient (Wildman–Crippen LogP) is 9.13. The van der Waals surface area contributed by atoms with Crippen molar-refractivity contribution >= 4 is 17.1 Å². The van der Waals surface area contributed by atoms with Gasteiger partial charge >= 0.3 is 0 Å². The van der Waals surface area contributed by atoms with Crippen molar-refractivity contribution in [2.45, 2.75) is 73.1 Å². The fraction of sp³-hybridized carbons (Fsp3) is 0.400. The van der Waals surface area contributed by atoms with Gasteiger partial charge in [-0.25, -0.2) is 0 Å². The molecule has 170 valence electrons. The van der Waals surface area contributed by atoms with Gasteiger partial charge in [0.15, 0.2) is 0 Å². The molecule has 0 saturated carbocycles. The molecule has 0 saturated heterocycles. The molecular formula is C30H39NO. The summed E-state index contributed by atoms with van der Waals surface area (Å²) in [6, 6.07) is 21.9. The first kappa shape index (κ1) is 23.9. The second-order valence-corrected chi connectivity index (χ2v) is 8.98. The molecule has 0 amide bonds. The van der Waals surface area contributed by atoms with Gasteiger partial charge in [-0.05, 0) is 105 Å². The Morgan fingerprint density at radius 2 is 1.06 bits per heavy atom. The van der Waals surface area contributed by atoms with Crippen molar-refractivity contribution in [3.8, 4) is 5.75 Å².